The molecular formula is C4H9N4O3-. The Hall–Kier alpha value is -1.53. The number of nitrogens with one attached hydrogen (secondary N) is 1. The standard InChI is InChI=1S/C4H10N4O3/c1-5-4(9)3-7(2)8(11)6-10/h10H,3H2,1-2H3,(H,5,9)/p-1/b8-6-. The molecule has 0 saturated heterocycles. The van der Waals surface area contributed by atoms with Gasteiger partial charge in [0.1, 0.15) is 0 Å². The fraction of sp³-hybridized carbons (Fsp3) is 0.750. The van der Waals surface area contributed by atoms with Crippen molar-refractivity contribution in [3.8, 4) is 0 Å². The van der Waals surface area contributed by atoms with Crippen molar-refractivity contribution in [1.82, 2.24) is 10.3 Å². The number of likely N-dealkylation sites (N-methyl/N-ethyl adjacent to an activating group) is 2. The second kappa shape index (κ2) is 4.31. The summed E-state index contributed by atoms with van der Waals surface area (Å²) in [5.74, 6) is -0.364. The average Bonchev–Trinajstić information content (AvgIpc) is 2.02. The van der Waals surface area contributed by atoms with Crippen LogP contribution >= 0.6 is 0 Å². The van der Waals surface area contributed by atoms with Gasteiger partial charge in [-0.05, 0) is 5.28 Å². The van der Waals surface area contributed by atoms with Crippen molar-refractivity contribution in [2.24, 2.45) is 5.28 Å². The Bertz CT molecular complexity index is 169. The summed E-state index contributed by atoms with van der Waals surface area (Å²) >= 11 is 0. The van der Waals surface area contributed by atoms with Crippen LogP contribution in [0.15, 0.2) is 5.28 Å². The number of hydrogen-bond donors (Lipinski definition) is 1. The van der Waals surface area contributed by atoms with E-state index in [1.807, 2.05) is 5.28 Å². The molecule has 0 aromatic heterocycles. The van der Waals surface area contributed by atoms with Crippen LogP contribution in [0, 0.1) is 10.4 Å². The van der Waals surface area contributed by atoms with Crippen molar-refractivity contribution in [2.75, 3.05) is 20.6 Å². The number of carbonyl (C=O) groups is 1. The highest BCUT2D eigenvalue weighted by molar-refractivity contribution is 5.77. The molecule has 0 saturated carbocycles. The molecule has 0 fully saturated rings. The van der Waals surface area contributed by atoms with Crippen molar-refractivity contribution in [1.29, 1.82) is 0 Å². The van der Waals surface area contributed by atoms with E-state index in [4.69, 9.17) is 0 Å². The average molecular weight is 161 g/mol. The van der Waals surface area contributed by atoms with Crippen molar-refractivity contribution in [3.63, 3.8) is 0 Å². The summed E-state index contributed by atoms with van der Waals surface area (Å²) < 4.78 is 0. The minimum Gasteiger partial charge on any atom is -0.737 e. The smallest absolute Gasteiger partial charge is 0.245 e. The van der Waals surface area contributed by atoms with E-state index in [0.29, 0.717) is 0 Å². The molecule has 1 amide bonds. The van der Waals surface area contributed by atoms with Gasteiger partial charge in [0.15, 0.2) is 6.54 Å². The third-order valence-corrected chi connectivity index (χ3v) is 1.01. The molecule has 7 heteroatoms. The second-order valence-corrected chi connectivity index (χ2v) is 1.82. The van der Waals surface area contributed by atoms with E-state index in [2.05, 4.69) is 5.32 Å². The molecule has 0 aliphatic carbocycles. The SMILES string of the molecule is CNC(=O)CN(C)/[N+]([O-])=N/[O-]. The lowest BCUT2D eigenvalue weighted by molar-refractivity contribution is -0.681. The summed E-state index contributed by atoms with van der Waals surface area (Å²) in [5, 5.41) is 25.1. The monoisotopic (exact) mass is 161 g/mol. The third-order valence-electron chi connectivity index (χ3n) is 1.01. The van der Waals surface area contributed by atoms with Crippen LogP contribution in [-0.4, -0.2) is 36.5 Å². The zero-order valence-electron chi connectivity index (χ0n) is 6.27. The van der Waals surface area contributed by atoms with Crippen molar-refractivity contribution in [3.05, 3.63) is 10.4 Å². The molecule has 0 bridgehead atoms. The lowest BCUT2D eigenvalue weighted by atomic mass is 10.6. The molecule has 0 aromatic carbocycles. The van der Waals surface area contributed by atoms with E-state index >= 15 is 0 Å². The Morgan fingerprint density at radius 1 is 1.82 bits per heavy atom. The van der Waals surface area contributed by atoms with E-state index in [-0.39, 0.29) is 17.4 Å². The molecule has 1 N–H and O–H groups in total. The van der Waals surface area contributed by atoms with Crippen LogP contribution in [0.3, 0.4) is 0 Å². The maximum atomic E-state index is 10.6. The molecule has 0 radical (unpaired) electrons. The minimum absolute atomic E-state index is 0.189. The van der Waals surface area contributed by atoms with E-state index in [1.54, 1.807) is 0 Å². The minimum atomic E-state index is -0.364. The van der Waals surface area contributed by atoms with Gasteiger partial charge in [0.25, 0.3) is 0 Å². The summed E-state index contributed by atoms with van der Waals surface area (Å²) in [6.07, 6.45) is 0. The molecule has 0 aliphatic rings. The number of amides is 1. The lowest BCUT2D eigenvalue weighted by Crippen LogP contribution is -2.36. The zero-order valence-corrected chi connectivity index (χ0v) is 6.27. The third kappa shape index (κ3) is 3.23. The summed E-state index contributed by atoms with van der Waals surface area (Å²) in [7, 11) is 2.71. The van der Waals surface area contributed by atoms with Gasteiger partial charge in [-0.2, -0.15) is 0 Å². The molecule has 7 nitrogen and oxygen atoms in total. The Morgan fingerprint density at radius 3 is 2.73 bits per heavy atom. The maximum Gasteiger partial charge on any atom is 0.245 e. The predicted octanol–water partition coefficient (Wildman–Crippen LogP) is -0.960. The van der Waals surface area contributed by atoms with Crippen LogP contribution in [0.5, 0.6) is 0 Å². The topological polar surface area (TPSA) is 93.8 Å². The second-order valence-electron chi connectivity index (χ2n) is 1.82. The first-order chi connectivity index (χ1) is 5.11. The van der Waals surface area contributed by atoms with Crippen LogP contribution in [0.1, 0.15) is 0 Å². The fourth-order valence-electron chi connectivity index (χ4n) is 0.410. The van der Waals surface area contributed by atoms with Crippen molar-refractivity contribution >= 4 is 5.91 Å². The van der Waals surface area contributed by atoms with Crippen LogP contribution in [0.2, 0.25) is 0 Å². The molecule has 0 aliphatic heterocycles. The Balaban J connectivity index is 3.87. The molecule has 0 rings (SSSR count). The number of hydrogen-bond acceptors (Lipinski definition) is 4. The molecule has 64 valence electrons. The molecule has 0 heterocycles. The highest BCUT2D eigenvalue weighted by atomic mass is 16.6. The highest BCUT2D eigenvalue weighted by Crippen LogP contribution is 1.83. The molecular weight excluding hydrogens is 152 g/mol. The number of nitrogens with zero attached hydrogens (tertiary/aromatic N) is 3. The predicted molar refractivity (Wildman–Crippen MR) is 36.1 cm³/mol. The summed E-state index contributed by atoms with van der Waals surface area (Å²) in [6.45, 7) is -0.189. The molecule has 0 spiro atoms. The number of hydrazine groups is 1. The van der Waals surface area contributed by atoms with E-state index < -0.39 is 0 Å². The van der Waals surface area contributed by atoms with Gasteiger partial charge in [0.2, 0.25) is 5.91 Å². The van der Waals surface area contributed by atoms with Gasteiger partial charge >= 0.3 is 0 Å². The van der Waals surface area contributed by atoms with E-state index in [1.165, 1.54) is 14.1 Å². The van der Waals surface area contributed by atoms with Gasteiger partial charge in [-0.1, -0.05) is 0 Å². The lowest BCUT2D eigenvalue weighted by Gasteiger charge is -2.12. The first kappa shape index (κ1) is 9.47. The Morgan fingerprint density at radius 2 is 2.36 bits per heavy atom. The first-order valence-electron chi connectivity index (χ1n) is 2.84. The highest BCUT2D eigenvalue weighted by Gasteiger charge is 2.08. The largest absolute Gasteiger partial charge is 0.737 e. The summed E-state index contributed by atoms with van der Waals surface area (Å²) in [6, 6.07) is 0. The normalized spacial score (nSPS) is 10.9. The molecule has 0 aromatic rings. The van der Waals surface area contributed by atoms with Crippen LogP contribution in [0.25, 0.3) is 0 Å². The van der Waals surface area contributed by atoms with Gasteiger partial charge in [0.05, 0.1) is 7.05 Å². The van der Waals surface area contributed by atoms with Gasteiger partial charge in [0, 0.05) is 12.0 Å². The van der Waals surface area contributed by atoms with E-state index in [0.717, 1.165) is 5.01 Å². The van der Waals surface area contributed by atoms with Crippen molar-refractivity contribution < 1.29 is 9.76 Å². The van der Waals surface area contributed by atoms with Gasteiger partial charge in [-0.3, -0.25) is 4.79 Å². The molecule has 0 atom stereocenters. The summed E-state index contributed by atoms with van der Waals surface area (Å²) in [5.41, 5.74) is 0. The van der Waals surface area contributed by atoms with Crippen LogP contribution < -0.4 is 5.32 Å². The Kier molecular flexibility index (Phi) is 3.71. The number of carbonyl (C=O) groups excluding carboxylic acids is 1. The van der Waals surface area contributed by atoms with Crippen LogP contribution in [0.4, 0.5) is 0 Å². The van der Waals surface area contributed by atoms with Crippen LogP contribution in [-0.2, 0) is 4.79 Å². The van der Waals surface area contributed by atoms with E-state index in [9.17, 15) is 15.2 Å². The molecule has 0 unspecified atom stereocenters. The van der Waals surface area contributed by atoms with Gasteiger partial charge in [-0.15, -0.1) is 5.01 Å². The maximum absolute atomic E-state index is 10.6. The Labute approximate surface area is 63.4 Å². The van der Waals surface area contributed by atoms with Gasteiger partial charge in [-0.25, -0.2) is 0 Å². The quantitative estimate of drug-likeness (QED) is 0.327. The molecule has 11 heavy (non-hydrogen) atoms. The van der Waals surface area contributed by atoms with Gasteiger partial charge < -0.3 is 15.7 Å². The first-order valence-corrected chi connectivity index (χ1v) is 2.84. The fourth-order valence-corrected chi connectivity index (χ4v) is 0.410. The zero-order chi connectivity index (χ0) is 8.85. The van der Waals surface area contributed by atoms with Crippen molar-refractivity contribution in [2.45, 2.75) is 0 Å². The number of rotatable bonds is 3. The summed E-state index contributed by atoms with van der Waals surface area (Å²) in [4.78, 5) is 10.4.